The zero-order valence-corrected chi connectivity index (χ0v) is 16.8. The van der Waals surface area contributed by atoms with Crippen LogP contribution >= 0.6 is 0 Å². The van der Waals surface area contributed by atoms with Gasteiger partial charge in [-0.3, -0.25) is 4.79 Å². The van der Waals surface area contributed by atoms with Crippen LogP contribution in [0.3, 0.4) is 0 Å². The minimum absolute atomic E-state index is 0.164. The van der Waals surface area contributed by atoms with Crippen molar-refractivity contribution in [2.24, 2.45) is 0 Å². The molecular formula is C22H24N3O5-. The number of phenols is 1. The number of phenolic OH excluding ortho intramolecular Hbond substituents is 1. The number of methoxy groups -OCH3 is 1. The van der Waals surface area contributed by atoms with Gasteiger partial charge in [-0.1, -0.05) is 31.5 Å². The molecule has 0 bridgehead atoms. The summed E-state index contributed by atoms with van der Waals surface area (Å²) in [6.07, 6.45) is 3.45. The Kier molecular flexibility index (Phi) is 6.46. The molecule has 0 spiro atoms. The monoisotopic (exact) mass is 410 g/mol. The largest absolute Gasteiger partial charge is 0.612 e. The molecule has 0 saturated heterocycles. The van der Waals surface area contributed by atoms with E-state index in [2.05, 4.69) is 10.3 Å². The average Bonchev–Trinajstić information content (AvgIpc) is 2.76. The number of aromatic amines is 1. The first-order valence-electron chi connectivity index (χ1n) is 9.70. The summed E-state index contributed by atoms with van der Waals surface area (Å²) < 4.78 is 5.44. The van der Waals surface area contributed by atoms with Crippen molar-refractivity contribution >= 4 is 5.91 Å². The summed E-state index contributed by atoms with van der Waals surface area (Å²) in [4.78, 5) is 15.0. The van der Waals surface area contributed by atoms with E-state index < -0.39 is 10.9 Å². The van der Waals surface area contributed by atoms with Gasteiger partial charge >= 0.3 is 0 Å². The molecule has 0 aromatic heterocycles. The summed E-state index contributed by atoms with van der Waals surface area (Å²) in [5.74, 6) is 0.118. The van der Waals surface area contributed by atoms with E-state index in [9.17, 15) is 20.3 Å². The molecule has 3 rings (SSSR count). The number of fused-ring (bicyclic) bond motifs is 1. The van der Waals surface area contributed by atoms with E-state index >= 15 is 0 Å². The van der Waals surface area contributed by atoms with Gasteiger partial charge in [0.1, 0.15) is 11.5 Å². The predicted molar refractivity (Wildman–Crippen MR) is 114 cm³/mol. The lowest BCUT2D eigenvalue weighted by Gasteiger charge is -2.24. The van der Waals surface area contributed by atoms with Crippen molar-refractivity contribution in [3.63, 3.8) is 0 Å². The van der Waals surface area contributed by atoms with Crippen LogP contribution in [0, 0.1) is 10.4 Å². The van der Waals surface area contributed by atoms with Crippen molar-refractivity contribution in [2.75, 3.05) is 7.11 Å². The summed E-state index contributed by atoms with van der Waals surface area (Å²) >= 11 is 0. The molecule has 0 saturated carbocycles. The number of hydrogen-bond acceptors (Lipinski definition) is 5. The Bertz CT molecular complexity index is 1070. The molecule has 8 nitrogen and oxygen atoms in total. The average molecular weight is 410 g/mol. The number of rotatable bonds is 7. The van der Waals surface area contributed by atoms with Crippen LogP contribution < -0.4 is 20.3 Å². The number of carbonyl (C=O) groups excluding carboxylic acids is 1. The molecule has 1 heterocycles. The van der Waals surface area contributed by atoms with Crippen molar-refractivity contribution in [3.8, 4) is 22.8 Å². The molecule has 30 heavy (non-hydrogen) atoms. The normalized spacial score (nSPS) is 11.8. The highest BCUT2D eigenvalue weighted by Crippen LogP contribution is 2.38. The summed E-state index contributed by atoms with van der Waals surface area (Å²) in [6.45, 7) is 1.99. The van der Waals surface area contributed by atoms with Crippen molar-refractivity contribution in [1.29, 1.82) is 0 Å². The predicted octanol–water partition coefficient (Wildman–Crippen LogP) is 3.00. The molecule has 1 aromatic rings. The number of nitrogens with one attached hydrogen (secondary N) is 2. The quantitative estimate of drug-likeness (QED) is 0.517. The first-order chi connectivity index (χ1) is 14.5. The van der Waals surface area contributed by atoms with E-state index in [0.29, 0.717) is 24.2 Å². The zero-order chi connectivity index (χ0) is 21.7. The summed E-state index contributed by atoms with van der Waals surface area (Å²) in [5.41, 5.74) is 1.31. The Hall–Kier alpha value is -3.68. The Morgan fingerprint density at radius 1 is 1.23 bits per heavy atom. The van der Waals surface area contributed by atoms with E-state index in [1.165, 1.54) is 13.2 Å². The number of pyridine rings is 1. The standard InChI is InChI=1S/C22H24N3O5/c1-3-4-11-19(26)24-20(15-8-5-6-10-18(15)30-2)16-13-17(25(28)29)14-9-7-12-23-21(14)22(16)27/h5-10,12-13,20,23H,3-4,11H2,1-2H3,(H2-,24,26,27,28,29)/q-1. The lowest BCUT2D eigenvalue weighted by atomic mass is 9.93. The molecule has 2 aliphatic rings. The summed E-state index contributed by atoms with van der Waals surface area (Å²) in [7, 11) is 1.51. The fourth-order valence-corrected chi connectivity index (χ4v) is 3.45. The Morgan fingerprint density at radius 3 is 2.70 bits per heavy atom. The van der Waals surface area contributed by atoms with Gasteiger partial charge in [0, 0.05) is 29.8 Å². The molecular weight excluding hydrogens is 386 g/mol. The maximum Gasteiger partial charge on any atom is 0.232 e. The van der Waals surface area contributed by atoms with E-state index in [4.69, 9.17) is 4.74 Å². The molecule has 8 heteroatoms. The maximum absolute atomic E-state index is 12.6. The van der Waals surface area contributed by atoms with Crippen LogP contribution in [-0.2, 0) is 4.79 Å². The number of carbonyl (C=O) groups is 1. The lowest BCUT2D eigenvalue weighted by Crippen LogP contribution is -2.31. The van der Waals surface area contributed by atoms with Crippen LogP contribution in [0.25, 0.3) is 11.3 Å². The van der Waals surface area contributed by atoms with Crippen LogP contribution in [0.4, 0.5) is 0 Å². The molecule has 0 radical (unpaired) electrons. The molecule has 1 aliphatic carbocycles. The first-order valence-corrected chi connectivity index (χ1v) is 9.70. The zero-order valence-electron chi connectivity index (χ0n) is 16.8. The number of benzene rings is 2. The van der Waals surface area contributed by atoms with E-state index in [1.54, 1.807) is 42.6 Å². The second kappa shape index (κ2) is 9.21. The van der Waals surface area contributed by atoms with Gasteiger partial charge in [-0.05, 0) is 24.6 Å². The van der Waals surface area contributed by atoms with Crippen LogP contribution in [0.5, 0.6) is 11.5 Å². The van der Waals surface area contributed by atoms with E-state index in [1.807, 2.05) is 6.92 Å². The van der Waals surface area contributed by atoms with Gasteiger partial charge in [0.2, 0.25) is 11.3 Å². The summed E-state index contributed by atoms with van der Waals surface area (Å²) in [6, 6.07) is 10.7. The molecule has 1 aromatic carbocycles. The number of ether oxygens (including phenoxy) is 1. The first kappa shape index (κ1) is 21.0. The molecule has 1 unspecified atom stereocenters. The molecule has 1 atom stereocenters. The molecule has 1 amide bonds. The van der Waals surface area contributed by atoms with Crippen molar-refractivity contribution in [1.82, 2.24) is 15.2 Å². The van der Waals surface area contributed by atoms with Gasteiger partial charge in [-0.15, -0.1) is 0 Å². The van der Waals surface area contributed by atoms with Gasteiger partial charge in [0.15, 0.2) is 0 Å². The number of hydrogen-bond donors (Lipinski definition) is 3. The topological polar surface area (TPSA) is 123 Å². The molecule has 1 aliphatic heterocycles. The molecule has 3 N–H and O–H groups in total. The second-order valence-electron chi connectivity index (χ2n) is 6.90. The van der Waals surface area contributed by atoms with Crippen molar-refractivity contribution < 1.29 is 14.6 Å². The highest BCUT2D eigenvalue weighted by molar-refractivity contribution is 5.78. The van der Waals surface area contributed by atoms with Crippen molar-refractivity contribution in [2.45, 2.75) is 32.2 Å². The highest BCUT2D eigenvalue weighted by atomic mass is 16.8. The van der Waals surface area contributed by atoms with Gasteiger partial charge in [-0.25, -0.2) is 0 Å². The number of amides is 1. The third kappa shape index (κ3) is 4.17. The smallest absolute Gasteiger partial charge is 0.232 e. The van der Waals surface area contributed by atoms with E-state index in [-0.39, 0.29) is 33.8 Å². The Labute approximate surface area is 174 Å². The van der Waals surface area contributed by atoms with Gasteiger partial charge in [0.05, 0.1) is 24.4 Å². The third-order valence-corrected chi connectivity index (χ3v) is 4.95. The molecule has 158 valence electrons. The number of aromatic hydroxyl groups is 1. The molecule has 0 fully saturated rings. The minimum atomic E-state index is -0.831. The fourth-order valence-electron chi connectivity index (χ4n) is 3.45. The van der Waals surface area contributed by atoms with Crippen LogP contribution in [0.1, 0.15) is 43.4 Å². The SMILES string of the molecule is CCCCC(=O)NC(c1ccccc1OC)c1cc(=[N+]([O-])[O-])c2ccc[nH]c-2c1O. The van der Waals surface area contributed by atoms with E-state index in [0.717, 1.165) is 6.42 Å². The highest BCUT2D eigenvalue weighted by Gasteiger charge is 2.27. The van der Waals surface area contributed by atoms with Crippen LogP contribution in [0.2, 0.25) is 0 Å². The number of nitrogens with zero attached hydrogens (tertiary/aromatic N) is 1. The van der Waals surface area contributed by atoms with Gasteiger partial charge in [-0.2, -0.15) is 4.90 Å². The fraction of sp³-hybridized carbons (Fsp3) is 0.273. The number of H-pyrrole nitrogens is 1. The Morgan fingerprint density at radius 2 is 2.00 bits per heavy atom. The van der Waals surface area contributed by atoms with Crippen molar-refractivity contribution in [3.05, 3.63) is 75.6 Å². The van der Waals surface area contributed by atoms with Gasteiger partial charge in [0.25, 0.3) is 0 Å². The minimum Gasteiger partial charge on any atom is -0.612 e. The summed E-state index contributed by atoms with van der Waals surface area (Å²) in [5, 5.41) is 37.2. The Balaban J connectivity index is 2.25. The number of para-hydroxylation sites is 1. The van der Waals surface area contributed by atoms with Gasteiger partial charge < -0.3 is 30.6 Å². The number of unbranched alkanes of at least 4 members (excludes halogenated alkanes) is 1. The van der Waals surface area contributed by atoms with Crippen LogP contribution in [-0.4, -0.2) is 23.1 Å². The third-order valence-electron chi connectivity index (χ3n) is 4.95. The lowest BCUT2D eigenvalue weighted by molar-refractivity contribution is -0.121. The second-order valence-corrected chi connectivity index (χ2v) is 6.90. The number of aromatic nitrogens is 1. The maximum atomic E-state index is 12.6. The van der Waals surface area contributed by atoms with Crippen LogP contribution in [0.15, 0.2) is 48.7 Å².